The zero-order valence-corrected chi connectivity index (χ0v) is 10.9. The Bertz CT molecular complexity index is 695. The van der Waals surface area contributed by atoms with Gasteiger partial charge in [0.25, 0.3) is 0 Å². The van der Waals surface area contributed by atoms with E-state index >= 15 is 0 Å². The van der Waals surface area contributed by atoms with Crippen molar-refractivity contribution in [2.75, 3.05) is 0 Å². The van der Waals surface area contributed by atoms with Crippen LogP contribution in [-0.2, 0) is 6.42 Å². The van der Waals surface area contributed by atoms with Crippen LogP contribution in [0.5, 0.6) is 0 Å². The molecule has 0 fully saturated rings. The topological polar surface area (TPSA) is 72.2 Å². The number of hydrogen-bond donors (Lipinski definition) is 1. The molecule has 0 aliphatic heterocycles. The van der Waals surface area contributed by atoms with Crippen LogP contribution in [-0.4, -0.2) is 20.9 Å². The molecule has 0 aliphatic carbocycles. The fraction of sp³-hybridized carbons (Fsp3) is 0.154. The third kappa shape index (κ3) is 2.51. The lowest BCUT2D eigenvalue weighted by molar-refractivity contribution is 0.0693. The molecule has 0 atom stereocenters. The summed E-state index contributed by atoms with van der Waals surface area (Å²) in [5.41, 5.74) is 0.120. The Balaban J connectivity index is 2.75. The van der Waals surface area contributed by atoms with Crippen molar-refractivity contribution in [3.8, 4) is 5.69 Å². The Morgan fingerprint density at radius 2 is 2.21 bits per heavy atom. The summed E-state index contributed by atoms with van der Waals surface area (Å²) >= 11 is 5.90. The van der Waals surface area contributed by atoms with Crippen LogP contribution in [0.1, 0.15) is 23.0 Å². The first-order chi connectivity index (χ1) is 9.04. The molecule has 0 radical (unpaired) electrons. The van der Waals surface area contributed by atoms with Gasteiger partial charge >= 0.3 is 5.97 Å². The van der Waals surface area contributed by atoms with Crippen LogP contribution in [0.15, 0.2) is 35.3 Å². The van der Waals surface area contributed by atoms with Gasteiger partial charge in [-0.25, -0.2) is 9.48 Å². The summed E-state index contributed by atoms with van der Waals surface area (Å²) in [7, 11) is 0. The van der Waals surface area contributed by atoms with E-state index in [4.69, 9.17) is 16.7 Å². The van der Waals surface area contributed by atoms with Crippen LogP contribution >= 0.6 is 11.6 Å². The van der Waals surface area contributed by atoms with E-state index < -0.39 is 11.4 Å². The van der Waals surface area contributed by atoms with Gasteiger partial charge in [-0.1, -0.05) is 24.6 Å². The van der Waals surface area contributed by atoms with Crippen molar-refractivity contribution in [2.24, 2.45) is 0 Å². The van der Waals surface area contributed by atoms with E-state index in [1.54, 1.807) is 31.2 Å². The van der Waals surface area contributed by atoms with Crippen molar-refractivity contribution < 1.29 is 9.90 Å². The minimum Gasteiger partial charge on any atom is -0.477 e. The zero-order valence-electron chi connectivity index (χ0n) is 10.1. The maximum atomic E-state index is 11.6. The van der Waals surface area contributed by atoms with E-state index in [2.05, 4.69) is 5.10 Å². The van der Waals surface area contributed by atoms with E-state index in [1.165, 1.54) is 4.68 Å². The predicted molar refractivity (Wildman–Crippen MR) is 71.2 cm³/mol. The summed E-state index contributed by atoms with van der Waals surface area (Å²) in [4.78, 5) is 22.8. The molecule has 0 unspecified atom stereocenters. The number of benzene rings is 1. The second-order valence-electron chi connectivity index (χ2n) is 3.88. The number of halogens is 1. The summed E-state index contributed by atoms with van der Waals surface area (Å²) in [5.74, 6) is -1.25. The molecule has 1 aromatic carbocycles. The Morgan fingerprint density at radius 1 is 1.47 bits per heavy atom. The van der Waals surface area contributed by atoms with Gasteiger partial charge in [0.1, 0.15) is 5.56 Å². The average Bonchev–Trinajstić information content (AvgIpc) is 2.37. The fourth-order valence-electron chi connectivity index (χ4n) is 1.88. The summed E-state index contributed by atoms with van der Waals surface area (Å²) in [6, 6.07) is 6.84. The largest absolute Gasteiger partial charge is 0.477 e. The molecule has 0 saturated heterocycles. The van der Waals surface area contributed by atoms with Gasteiger partial charge in [0.05, 0.1) is 17.6 Å². The molecule has 0 aliphatic rings. The third-order valence-corrected chi connectivity index (χ3v) is 2.92. The lowest BCUT2D eigenvalue weighted by Gasteiger charge is -2.12. The van der Waals surface area contributed by atoms with Crippen LogP contribution in [0.25, 0.3) is 5.69 Å². The molecular weight excluding hydrogens is 268 g/mol. The van der Waals surface area contributed by atoms with Gasteiger partial charge in [-0.15, -0.1) is 0 Å². The fourth-order valence-corrected chi connectivity index (χ4v) is 2.06. The smallest absolute Gasteiger partial charge is 0.341 e. The molecule has 0 amide bonds. The van der Waals surface area contributed by atoms with Gasteiger partial charge in [-0.05, 0) is 24.6 Å². The Kier molecular flexibility index (Phi) is 3.66. The van der Waals surface area contributed by atoms with E-state index in [-0.39, 0.29) is 5.56 Å². The SMILES string of the molecule is CCc1c(C(=O)O)c(=O)cnn1-c1cccc(Cl)c1. The molecule has 0 saturated carbocycles. The maximum Gasteiger partial charge on any atom is 0.341 e. The first-order valence-electron chi connectivity index (χ1n) is 5.65. The highest BCUT2D eigenvalue weighted by atomic mass is 35.5. The molecule has 6 heteroatoms. The van der Waals surface area contributed by atoms with Crippen LogP contribution in [0, 0.1) is 0 Å². The second-order valence-corrected chi connectivity index (χ2v) is 4.32. The molecule has 19 heavy (non-hydrogen) atoms. The molecule has 1 N–H and O–H groups in total. The van der Waals surface area contributed by atoms with Crippen LogP contribution in [0.4, 0.5) is 0 Å². The van der Waals surface area contributed by atoms with E-state index in [9.17, 15) is 9.59 Å². The number of carboxylic acid groups (broad SMARTS) is 1. The van der Waals surface area contributed by atoms with Gasteiger partial charge in [0.15, 0.2) is 0 Å². The first-order valence-corrected chi connectivity index (χ1v) is 6.02. The number of carbonyl (C=O) groups is 1. The second kappa shape index (κ2) is 5.24. The number of aromatic carboxylic acids is 1. The molecule has 1 heterocycles. The molecule has 2 rings (SSSR count). The van der Waals surface area contributed by atoms with Gasteiger partial charge in [0.2, 0.25) is 5.43 Å². The number of nitrogens with zero attached hydrogens (tertiary/aromatic N) is 2. The Labute approximate surface area is 114 Å². The van der Waals surface area contributed by atoms with Gasteiger partial charge < -0.3 is 5.11 Å². The number of carboxylic acids is 1. The highest BCUT2D eigenvalue weighted by Crippen LogP contribution is 2.16. The van der Waals surface area contributed by atoms with Crippen LogP contribution in [0.3, 0.4) is 0 Å². The van der Waals surface area contributed by atoms with Crippen molar-refractivity contribution in [3.63, 3.8) is 0 Å². The summed E-state index contributed by atoms with van der Waals surface area (Å²) in [6.45, 7) is 1.77. The quantitative estimate of drug-likeness (QED) is 0.934. The highest BCUT2D eigenvalue weighted by molar-refractivity contribution is 6.30. The van der Waals surface area contributed by atoms with Gasteiger partial charge in [-0.2, -0.15) is 5.10 Å². The molecule has 2 aromatic rings. The Hall–Kier alpha value is -2.14. The van der Waals surface area contributed by atoms with Crippen LogP contribution < -0.4 is 5.43 Å². The normalized spacial score (nSPS) is 10.4. The van der Waals surface area contributed by atoms with Crippen molar-refractivity contribution in [3.05, 3.63) is 57.0 Å². The van der Waals surface area contributed by atoms with Gasteiger partial charge in [0, 0.05) is 5.02 Å². The highest BCUT2D eigenvalue weighted by Gasteiger charge is 2.18. The molecule has 0 spiro atoms. The van der Waals surface area contributed by atoms with Crippen molar-refractivity contribution in [1.82, 2.24) is 9.78 Å². The standard InChI is InChI=1S/C13H11ClN2O3/c1-2-10-12(13(18)19)11(17)7-15-16(10)9-5-3-4-8(14)6-9/h3-7H,2H2,1H3,(H,18,19). The lowest BCUT2D eigenvalue weighted by atomic mass is 10.1. The van der Waals surface area contributed by atoms with E-state index in [0.29, 0.717) is 22.8 Å². The molecule has 0 bridgehead atoms. The third-order valence-electron chi connectivity index (χ3n) is 2.68. The molecule has 5 nitrogen and oxygen atoms in total. The number of aromatic nitrogens is 2. The summed E-state index contributed by atoms with van der Waals surface area (Å²) < 4.78 is 1.43. The summed E-state index contributed by atoms with van der Waals surface area (Å²) in [5, 5.41) is 13.6. The maximum absolute atomic E-state index is 11.6. The monoisotopic (exact) mass is 278 g/mol. The molecule has 1 aromatic heterocycles. The average molecular weight is 279 g/mol. The van der Waals surface area contributed by atoms with Crippen LogP contribution in [0.2, 0.25) is 5.02 Å². The lowest BCUT2D eigenvalue weighted by Crippen LogP contribution is -2.23. The van der Waals surface area contributed by atoms with E-state index in [0.717, 1.165) is 6.20 Å². The minimum absolute atomic E-state index is 0.252. The predicted octanol–water partition coefficient (Wildman–Crippen LogP) is 2.15. The molecular formula is C13H11ClN2O3. The molecule has 98 valence electrons. The minimum atomic E-state index is -1.25. The van der Waals surface area contributed by atoms with Crippen molar-refractivity contribution in [2.45, 2.75) is 13.3 Å². The number of rotatable bonds is 3. The van der Waals surface area contributed by atoms with Crippen molar-refractivity contribution in [1.29, 1.82) is 0 Å². The Morgan fingerprint density at radius 3 is 2.79 bits per heavy atom. The van der Waals surface area contributed by atoms with Gasteiger partial charge in [-0.3, -0.25) is 4.79 Å². The van der Waals surface area contributed by atoms with E-state index in [1.807, 2.05) is 0 Å². The number of hydrogen-bond acceptors (Lipinski definition) is 3. The summed E-state index contributed by atoms with van der Waals surface area (Å²) in [6.07, 6.45) is 1.38. The zero-order chi connectivity index (χ0) is 14.0. The van der Waals surface area contributed by atoms with Crippen molar-refractivity contribution >= 4 is 17.6 Å². The first kappa shape index (κ1) is 13.3.